The van der Waals surface area contributed by atoms with E-state index in [1.165, 1.54) is 23.0 Å². The van der Waals surface area contributed by atoms with Crippen LogP contribution >= 0.6 is 0 Å². The van der Waals surface area contributed by atoms with Crippen molar-refractivity contribution >= 4 is 34.4 Å². The number of anilines is 4. The molecule has 1 atom stereocenters. The van der Waals surface area contributed by atoms with Gasteiger partial charge in [-0.15, -0.1) is 0 Å². The van der Waals surface area contributed by atoms with Crippen LogP contribution in [-0.4, -0.2) is 55.8 Å². The number of carbonyl (C=O) groups is 1. The average Bonchev–Trinajstić information content (AvgIpc) is 3.23. The molecule has 4 aromatic rings. The maximum Gasteiger partial charge on any atom is 0.418 e. The minimum absolute atomic E-state index is 0.0128. The van der Waals surface area contributed by atoms with Gasteiger partial charge in [-0.1, -0.05) is 0 Å². The first-order chi connectivity index (χ1) is 18.7. The number of aryl methyl sites for hydroxylation is 2. The molecule has 0 aliphatic heterocycles. The van der Waals surface area contributed by atoms with Gasteiger partial charge >= 0.3 is 6.18 Å². The standard InChI is InChI=1S/C23H23F3N8O3/c1-11-7-18(31-12(2)30-11)33-17-8-15(14(9-28-17)22(36)27-3)32-16-10-29-34-6-5-13(20(37-4)19(16)34)21(35)23(24,25)26/h5-10,21,35H,1-4H3,(H,27,36)(H2,28,30,31,32,33)/t21-/m0/s1/i3D3. The number of pyridine rings is 2. The summed E-state index contributed by atoms with van der Waals surface area (Å²) in [6, 6.07) is 4.06. The first-order valence-electron chi connectivity index (χ1n) is 12.1. The first-order valence-corrected chi connectivity index (χ1v) is 10.6. The van der Waals surface area contributed by atoms with Gasteiger partial charge in [0.05, 0.1) is 30.2 Å². The Morgan fingerprint density at radius 2 is 1.95 bits per heavy atom. The van der Waals surface area contributed by atoms with Crippen LogP contribution in [0.1, 0.15) is 37.7 Å². The van der Waals surface area contributed by atoms with Crippen molar-refractivity contribution in [2.24, 2.45) is 0 Å². The van der Waals surface area contributed by atoms with Crippen LogP contribution in [0.4, 0.5) is 36.2 Å². The first kappa shape index (κ1) is 21.8. The summed E-state index contributed by atoms with van der Waals surface area (Å²) in [5.41, 5.74) is 0.0538. The quantitative estimate of drug-likeness (QED) is 0.289. The zero-order valence-electron chi connectivity index (χ0n) is 22.7. The Bertz CT molecular complexity index is 1560. The van der Waals surface area contributed by atoms with Crippen LogP contribution in [0.25, 0.3) is 5.52 Å². The lowest BCUT2D eigenvalue weighted by molar-refractivity contribution is -0.207. The fraction of sp³-hybridized carbons (Fsp3) is 0.261. The van der Waals surface area contributed by atoms with Crippen molar-refractivity contribution in [2.75, 3.05) is 24.7 Å². The molecule has 4 aromatic heterocycles. The molecule has 0 aromatic carbocycles. The molecule has 0 fully saturated rings. The lowest BCUT2D eigenvalue weighted by atomic mass is 10.1. The number of aliphatic hydroxyl groups is 1. The summed E-state index contributed by atoms with van der Waals surface area (Å²) in [6.07, 6.45) is -4.23. The highest BCUT2D eigenvalue weighted by atomic mass is 19.4. The number of halogens is 3. The number of hydrogen-bond acceptors (Lipinski definition) is 9. The molecule has 4 N–H and O–H groups in total. The molecule has 0 spiro atoms. The zero-order chi connectivity index (χ0) is 29.4. The number of ether oxygens (including phenoxy) is 1. The number of nitrogens with zero attached hydrogens (tertiary/aromatic N) is 5. The SMILES string of the molecule is [2H]C([2H])([2H])NC(=O)c1cnc(Nc2cc(C)nc(C)n2)cc1Nc1cnn2ccc([C@H](O)C(F)(F)F)c(OC)c12. The van der Waals surface area contributed by atoms with E-state index >= 15 is 0 Å². The van der Waals surface area contributed by atoms with Gasteiger partial charge in [0.2, 0.25) is 0 Å². The van der Waals surface area contributed by atoms with Gasteiger partial charge in [0.1, 0.15) is 23.0 Å². The summed E-state index contributed by atoms with van der Waals surface area (Å²) in [4.78, 5) is 25.5. The molecule has 14 heteroatoms. The maximum absolute atomic E-state index is 13.3. The molecular weight excluding hydrogens is 493 g/mol. The fourth-order valence-electron chi connectivity index (χ4n) is 3.70. The number of amides is 1. The van der Waals surface area contributed by atoms with E-state index in [-0.39, 0.29) is 34.0 Å². The van der Waals surface area contributed by atoms with Crippen LogP contribution in [0.15, 0.2) is 36.8 Å². The number of hydrogen-bond donors (Lipinski definition) is 4. The number of aliphatic hydroxyl groups excluding tert-OH is 1. The van der Waals surface area contributed by atoms with Crippen molar-refractivity contribution in [3.05, 3.63) is 59.4 Å². The number of rotatable bonds is 7. The topological polar surface area (TPSA) is 139 Å². The van der Waals surface area contributed by atoms with Crippen LogP contribution in [0.2, 0.25) is 0 Å². The largest absolute Gasteiger partial charge is 0.494 e. The predicted octanol–water partition coefficient (Wildman–Crippen LogP) is 3.59. The molecular formula is C23H23F3N8O3. The van der Waals surface area contributed by atoms with E-state index in [9.17, 15) is 23.1 Å². The summed E-state index contributed by atoms with van der Waals surface area (Å²) in [7, 11) is 1.13. The third kappa shape index (κ3) is 5.23. The van der Waals surface area contributed by atoms with Gasteiger partial charge < -0.3 is 25.8 Å². The minimum atomic E-state index is -4.97. The second-order valence-corrected chi connectivity index (χ2v) is 7.86. The van der Waals surface area contributed by atoms with Gasteiger partial charge in [-0.3, -0.25) is 4.79 Å². The van der Waals surface area contributed by atoms with Crippen LogP contribution in [0.5, 0.6) is 5.75 Å². The second kappa shape index (κ2) is 9.89. The number of fused-ring (bicyclic) bond motifs is 1. The molecule has 0 unspecified atom stereocenters. The molecule has 0 aliphatic carbocycles. The fourth-order valence-corrected chi connectivity index (χ4v) is 3.70. The molecule has 0 saturated heterocycles. The van der Waals surface area contributed by atoms with Crippen LogP contribution < -0.4 is 20.7 Å². The van der Waals surface area contributed by atoms with Crippen molar-refractivity contribution in [3.63, 3.8) is 0 Å². The van der Waals surface area contributed by atoms with E-state index in [0.717, 1.165) is 19.4 Å². The molecule has 0 bridgehead atoms. The summed E-state index contributed by atoms with van der Waals surface area (Å²) in [5, 5.41) is 21.8. The van der Waals surface area contributed by atoms with E-state index in [1.807, 2.05) is 5.32 Å². The number of aromatic nitrogens is 5. The third-order valence-corrected chi connectivity index (χ3v) is 5.23. The van der Waals surface area contributed by atoms with E-state index in [0.29, 0.717) is 17.3 Å². The van der Waals surface area contributed by atoms with Gasteiger partial charge in [0.15, 0.2) is 11.9 Å². The highest BCUT2D eigenvalue weighted by molar-refractivity contribution is 6.01. The predicted molar refractivity (Wildman–Crippen MR) is 128 cm³/mol. The second-order valence-electron chi connectivity index (χ2n) is 7.86. The lowest BCUT2D eigenvalue weighted by Crippen LogP contribution is -2.21. The Morgan fingerprint density at radius 3 is 2.62 bits per heavy atom. The molecule has 37 heavy (non-hydrogen) atoms. The van der Waals surface area contributed by atoms with E-state index in [1.54, 1.807) is 19.9 Å². The highest BCUT2D eigenvalue weighted by Gasteiger charge is 2.41. The van der Waals surface area contributed by atoms with E-state index in [4.69, 9.17) is 8.85 Å². The van der Waals surface area contributed by atoms with Crippen LogP contribution in [0.3, 0.4) is 0 Å². The van der Waals surface area contributed by atoms with Gasteiger partial charge in [-0.05, 0) is 19.9 Å². The minimum Gasteiger partial charge on any atom is -0.494 e. The Labute approximate surface area is 212 Å². The van der Waals surface area contributed by atoms with Crippen molar-refractivity contribution in [3.8, 4) is 5.75 Å². The Balaban J connectivity index is 1.82. The lowest BCUT2D eigenvalue weighted by Gasteiger charge is -2.19. The van der Waals surface area contributed by atoms with Gasteiger partial charge in [0, 0.05) is 46.9 Å². The molecule has 4 heterocycles. The smallest absolute Gasteiger partial charge is 0.418 e. The molecule has 0 saturated carbocycles. The van der Waals surface area contributed by atoms with E-state index in [2.05, 4.69) is 30.7 Å². The molecule has 0 aliphatic rings. The Hall–Kier alpha value is -4.46. The van der Waals surface area contributed by atoms with Crippen molar-refractivity contribution in [1.82, 2.24) is 29.9 Å². The Kier molecular flexibility index (Phi) is 5.82. The monoisotopic (exact) mass is 519 g/mol. The number of carbonyl (C=O) groups excluding carboxylic acids is 1. The molecule has 4 rings (SSSR count). The van der Waals surface area contributed by atoms with Crippen molar-refractivity contribution in [2.45, 2.75) is 26.1 Å². The number of methoxy groups -OCH3 is 1. The zero-order valence-corrected chi connectivity index (χ0v) is 19.7. The molecule has 11 nitrogen and oxygen atoms in total. The summed E-state index contributed by atoms with van der Waals surface area (Å²) in [6.45, 7) is 0.659. The van der Waals surface area contributed by atoms with Gasteiger partial charge in [-0.25, -0.2) is 19.5 Å². The summed E-state index contributed by atoms with van der Waals surface area (Å²) >= 11 is 0. The third-order valence-electron chi connectivity index (χ3n) is 5.23. The average molecular weight is 520 g/mol. The number of nitrogens with one attached hydrogen (secondary N) is 3. The van der Waals surface area contributed by atoms with Crippen LogP contribution in [-0.2, 0) is 0 Å². The van der Waals surface area contributed by atoms with Crippen molar-refractivity contribution < 1.29 is 31.9 Å². The normalized spacial score (nSPS) is 13.9. The summed E-state index contributed by atoms with van der Waals surface area (Å²) < 4.78 is 68.5. The maximum atomic E-state index is 13.3. The summed E-state index contributed by atoms with van der Waals surface area (Å²) in [5.74, 6) is -0.231. The molecule has 0 radical (unpaired) electrons. The molecule has 1 amide bonds. The van der Waals surface area contributed by atoms with Gasteiger partial charge in [0.25, 0.3) is 5.91 Å². The Morgan fingerprint density at radius 1 is 1.16 bits per heavy atom. The highest BCUT2D eigenvalue weighted by Crippen LogP contribution is 2.41. The van der Waals surface area contributed by atoms with Crippen LogP contribution in [0, 0.1) is 13.8 Å². The van der Waals surface area contributed by atoms with Crippen molar-refractivity contribution in [1.29, 1.82) is 0 Å². The number of alkyl halides is 3. The molecule has 194 valence electrons. The van der Waals surface area contributed by atoms with Gasteiger partial charge in [-0.2, -0.15) is 18.3 Å². The van der Waals surface area contributed by atoms with E-state index < -0.39 is 30.7 Å².